The van der Waals surface area contributed by atoms with Gasteiger partial charge in [-0.15, -0.1) is 0 Å². The number of halogens is 2. The van der Waals surface area contributed by atoms with Crippen LogP contribution in [0.25, 0.3) is 0 Å². The zero-order valence-electron chi connectivity index (χ0n) is 21.8. The van der Waals surface area contributed by atoms with Crippen LogP contribution in [0.1, 0.15) is 36.7 Å². The number of piperazine rings is 1. The summed E-state index contributed by atoms with van der Waals surface area (Å²) in [6, 6.07) is 11.8. The van der Waals surface area contributed by atoms with Gasteiger partial charge in [-0.1, -0.05) is 35.3 Å². The van der Waals surface area contributed by atoms with E-state index in [2.05, 4.69) is 10.2 Å². The molecule has 1 aliphatic rings. The second-order valence-electron chi connectivity index (χ2n) is 9.91. The highest BCUT2D eigenvalue weighted by atomic mass is 35.5. The highest BCUT2D eigenvalue weighted by Crippen LogP contribution is 2.27. The second kappa shape index (κ2) is 13.6. The number of amides is 2. The molecule has 0 spiro atoms. The molecule has 208 valence electrons. The molecule has 2 aromatic rings. The number of rotatable bonds is 9. The van der Waals surface area contributed by atoms with Crippen LogP contribution in [0.5, 0.6) is 0 Å². The van der Waals surface area contributed by atoms with Crippen LogP contribution in [-0.2, 0) is 22.4 Å². The molecule has 3 rings (SSSR count). The van der Waals surface area contributed by atoms with E-state index in [0.29, 0.717) is 67.0 Å². The molecule has 2 amide bonds. The molecule has 2 aromatic carbocycles. The largest absolute Gasteiger partial charge is 0.444 e. The first-order valence-corrected chi connectivity index (χ1v) is 14.2. The summed E-state index contributed by atoms with van der Waals surface area (Å²) in [7, 11) is 0. The highest BCUT2D eigenvalue weighted by molar-refractivity contribution is 7.80. The molecular formula is C26H34Cl2N4O5S. The zero-order valence-corrected chi connectivity index (χ0v) is 24.1. The van der Waals surface area contributed by atoms with E-state index in [0.717, 1.165) is 5.56 Å². The van der Waals surface area contributed by atoms with Crippen molar-refractivity contribution in [2.75, 3.05) is 50.1 Å². The molecule has 1 unspecified atom stereocenters. The Balaban J connectivity index is 1.46. The van der Waals surface area contributed by atoms with E-state index in [4.69, 9.17) is 27.9 Å². The monoisotopic (exact) mass is 584 g/mol. The van der Waals surface area contributed by atoms with Gasteiger partial charge >= 0.3 is 6.09 Å². The van der Waals surface area contributed by atoms with E-state index in [9.17, 15) is 18.4 Å². The highest BCUT2D eigenvalue weighted by Gasteiger charge is 2.25. The zero-order chi connectivity index (χ0) is 27.9. The summed E-state index contributed by atoms with van der Waals surface area (Å²) in [5.41, 5.74) is 1.21. The van der Waals surface area contributed by atoms with E-state index in [1.807, 2.05) is 26.8 Å². The van der Waals surface area contributed by atoms with Crippen molar-refractivity contribution in [3.8, 4) is 0 Å². The van der Waals surface area contributed by atoms with Crippen LogP contribution in [0.3, 0.4) is 0 Å². The van der Waals surface area contributed by atoms with Crippen molar-refractivity contribution in [1.29, 1.82) is 0 Å². The predicted octanol–water partition coefficient (Wildman–Crippen LogP) is 4.46. The Morgan fingerprint density at radius 3 is 2.34 bits per heavy atom. The Labute approximate surface area is 236 Å². The number of carbonyl (C=O) groups is 2. The van der Waals surface area contributed by atoms with Gasteiger partial charge < -0.3 is 15.0 Å². The average Bonchev–Trinajstić information content (AvgIpc) is 2.86. The van der Waals surface area contributed by atoms with Gasteiger partial charge in [0.1, 0.15) is 5.60 Å². The fourth-order valence-corrected chi connectivity index (χ4v) is 4.91. The third-order valence-electron chi connectivity index (χ3n) is 5.96. The normalized spacial score (nSPS) is 15.2. The average molecular weight is 586 g/mol. The molecular weight excluding hydrogens is 551 g/mol. The van der Waals surface area contributed by atoms with E-state index < -0.39 is 16.9 Å². The van der Waals surface area contributed by atoms with Gasteiger partial charge in [0.15, 0.2) is 0 Å². The van der Waals surface area contributed by atoms with Gasteiger partial charge in [0, 0.05) is 51.4 Å². The number of ether oxygens (including phenoxy) is 1. The van der Waals surface area contributed by atoms with Crippen molar-refractivity contribution >= 4 is 52.2 Å². The van der Waals surface area contributed by atoms with Crippen LogP contribution in [0.15, 0.2) is 42.5 Å². The minimum Gasteiger partial charge on any atom is -0.444 e. The lowest BCUT2D eigenvalue weighted by atomic mass is 10.1. The van der Waals surface area contributed by atoms with Crippen LogP contribution in [0.2, 0.25) is 10.0 Å². The smallest absolute Gasteiger partial charge is 0.410 e. The van der Waals surface area contributed by atoms with Crippen molar-refractivity contribution in [1.82, 2.24) is 15.1 Å². The van der Waals surface area contributed by atoms with Crippen molar-refractivity contribution in [2.24, 2.45) is 0 Å². The molecule has 0 bridgehead atoms. The first-order valence-electron chi connectivity index (χ1n) is 12.3. The van der Waals surface area contributed by atoms with Crippen molar-refractivity contribution in [2.45, 2.75) is 32.8 Å². The van der Waals surface area contributed by atoms with Crippen LogP contribution in [-0.4, -0.2) is 82.0 Å². The van der Waals surface area contributed by atoms with Crippen LogP contribution in [0, 0.1) is 0 Å². The fourth-order valence-electron chi connectivity index (χ4n) is 3.95. The molecule has 1 heterocycles. The van der Waals surface area contributed by atoms with Gasteiger partial charge in [0.25, 0.3) is 17.2 Å². The van der Waals surface area contributed by atoms with Crippen LogP contribution >= 0.6 is 23.2 Å². The molecule has 0 radical (unpaired) electrons. The Morgan fingerprint density at radius 2 is 1.74 bits per heavy atom. The molecule has 2 N–H and O–H groups in total. The Bertz CT molecular complexity index is 1140. The quantitative estimate of drug-likeness (QED) is 0.422. The molecule has 1 fully saturated rings. The summed E-state index contributed by atoms with van der Waals surface area (Å²) in [6.45, 7) is 9.47. The van der Waals surface area contributed by atoms with Gasteiger partial charge in [-0.05, 0) is 63.1 Å². The van der Waals surface area contributed by atoms with Crippen LogP contribution in [0.4, 0.5) is 10.5 Å². The van der Waals surface area contributed by atoms with Gasteiger partial charge in [0.2, 0.25) is 0 Å². The van der Waals surface area contributed by atoms with Gasteiger partial charge in [-0.3, -0.25) is 18.6 Å². The maximum absolute atomic E-state index is 12.6. The summed E-state index contributed by atoms with van der Waals surface area (Å²) < 4.78 is 28.5. The number of hydrogen-bond donors (Lipinski definition) is 2. The molecule has 0 aromatic heterocycles. The fraction of sp³-hybridized carbons (Fsp3) is 0.462. The van der Waals surface area contributed by atoms with E-state index in [-0.39, 0.29) is 18.5 Å². The summed E-state index contributed by atoms with van der Waals surface area (Å²) in [4.78, 5) is 28.7. The third-order valence-corrected chi connectivity index (χ3v) is 7.59. The summed E-state index contributed by atoms with van der Waals surface area (Å²) in [5, 5.41) is 3.76. The Morgan fingerprint density at radius 1 is 1.08 bits per heavy atom. The molecule has 1 aliphatic heterocycles. The lowest BCUT2D eigenvalue weighted by molar-refractivity contribution is 0.0147. The lowest BCUT2D eigenvalue weighted by Gasteiger charge is -2.35. The lowest BCUT2D eigenvalue weighted by Crippen LogP contribution is -2.51. The first-order chi connectivity index (χ1) is 17.9. The van der Waals surface area contributed by atoms with Crippen LogP contribution < -0.4 is 9.62 Å². The molecule has 12 heteroatoms. The number of nitrogens with zero attached hydrogens (tertiary/aromatic N) is 3. The number of nitrogens with one attached hydrogen (secondary N) is 1. The maximum atomic E-state index is 12.6. The molecule has 38 heavy (non-hydrogen) atoms. The van der Waals surface area contributed by atoms with Gasteiger partial charge in [0.05, 0.1) is 15.7 Å². The number of anilines is 1. The standard InChI is InChI=1S/C26H34Cl2N4O5S/c1-26(2,3)37-25(34)31-17-15-30(16-18-31)14-12-29-24(33)20-7-9-21(10-8-20)32(38(35)36)13-11-19-5-4-6-22(27)23(19)28/h4-10H,11-18H2,1-3H3,(H,29,33)(H,35,36). The Kier molecular flexibility index (Phi) is 10.8. The summed E-state index contributed by atoms with van der Waals surface area (Å²) in [5.74, 6) is -0.230. The number of carbonyl (C=O) groups excluding carboxylic acids is 2. The molecule has 0 saturated carbocycles. The van der Waals surface area contributed by atoms with Crippen molar-refractivity contribution in [3.05, 3.63) is 63.6 Å². The SMILES string of the molecule is CC(C)(C)OC(=O)N1CCN(CCNC(=O)c2ccc(N(CCc3cccc(Cl)c3Cl)S(=O)O)cc2)CC1. The minimum absolute atomic E-state index is 0.230. The van der Waals surface area contributed by atoms with Crippen molar-refractivity contribution in [3.63, 3.8) is 0 Å². The predicted molar refractivity (Wildman–Crippen MR) is 151 cm³/mol. The van der Waals surface area contributed by atoms with E-state index >= 15 is 0 Å². The molecule has 9 nitrogen and oxygen atoms in total. The Hall–Kier alpha value is -2.37. The number of benzene rings is 2. The first kappa shape index (κ1) is 30.2. The van der Waals surface area contributed by atoms with Gasteiger partial charge in [-0.2, -0.15) is 0 Å². The maximum Gasteiger partial charge on any atom is 0.410 e. The molecule has 0 aliphatic carbocycles. The van der Waals surface area contributed by atoms with Gasteiger partial charge in [-0.25, -0.2) is 9.00 Å². The summed E-state index contributed by atoms with van der Waals surface area (Å²) >= 11 is 10.0. The number of hydrogen-bond acceptors (Lipinski definition) is 5. The molecule has 1 atom stereocenters. The van der Waals surface area contributed by atoms with E-state index in [1.54, 1.807) is 41.3 Å². The van der Waals surface area contributed by atoms with E-state index in [1.165, 1.54) is 4.31 Å². The van der Waals surface area contributed by atoms with Crippen molar-refractivity contribution < 1.29 is 23.1 Å². The molecule has 1 saturated heterocycles. The minimum atomic E-state index is -2.26. The second-order valence-corrected chi connectivity index (χ2v) is 11.6. The third kappa shape index (κ3) is 8.84. The topological polar surface area (TPSA) is 102 Å². The summed E-state index contributed by atoms with van der Waals surface area (Å²) in [6.07, 6.45) is 0.116.